The van der Waals surface area contributed by atoms with Crippen LogP contribution in [0.1, 0.15) is 27.6 Å². The van der Waals surface area contributed by atoms with Crippen LogP contribution in [0.3, 0.4) is 0 Å². The van der Waals surface area contributed by atoms with E-state index in [-0.39, 0.29) is 11.9 Å². The average Bonchev–Trinajstić information content (AvgIpc) is 2.65. The predicted molar refractivity (Wildman–Crippen MR) is 77.1 cm³/mol. The summed E-state index contributed by atoms with van der Waals surface area (Å²) in [6.45, 7) is 3.79. The molecule has 0 bridgehead atoms. The fourth-order valence-electron chi connectivity index (χ4n) is 1.82. The molecule has 0 fully saturated rings. The zero-order chi connectivity index (χ0) is 13.3. The quantitative estimate of drug-likeness (QED) is 0.664. The van der Waals surface area contributed by atoms with E-state index < -0.39 is 0 Å². The van der Waals surface area contributed by atoms with Gasteiger partial charge in [-0.1, -0.05) is 12.1 Å². The monoisotopic (exact) mass is 328 g/mol. The van der Waals surface area contributed by atoms with Crippen LogP contribution in [0.15, 0.2) is 28.1 Å². The third-order valence-corrected chi connectivity index (χ3v) is 5.04. The normalized spacial score (nSPS) is 12.7. The van der Waals surface area contributed by atoms with Crippen molar-refractivity contribution >= 4 is 27.3 Å². The molecule has 0 aliphatic heterocycles. The smallest absolute Gasteiger partial charge is 0.126 e. The Balaban J connectivity index is 2.41. The van der Waals surface area contributed by atoms with Crippen LogP contribution in [0, 0.1) is 19.7 Å². The highest BCUT2D eigenvalue weighted by atomic mass is 79.9. The summed E-state index contributed by atoms with van der Waals surface area (Å²) >= 11 is 5.13. The first-order valence-corrected chi connectivity index (χ1v) is 7.12. The van der Waals surface area contributed by atoms with Crippen LogP contribution < -0.4 is 11.3 Å². The van der Waals surface area contributed by atoms with Crippen molar-refractivity contribution in [3.05, 3.63) is 55.4 Å². The predicted octanol–water partition coefficient (Wildman–Crippen LogP) is 3.82. The molecule has 5 heteroatoms. The van der Waals surface area contributed by atoms with Gasteiger partial charge in [0.05, 0.1) is 9.83 Å². The summed E-state index contributed by atoms with van der Waals surface area (Å²) in [7, 11) is 0. The van der Waals surface area contributed by atoms with Gasteiger partial charge in [-0.05, 0) is 58.6 Å². The number of halogens is 2. The molecule has 2 nitrogen and oxygen atoms in total. The van der Waals surface area contributed by atoms with Gasteiger partial charge in [-0.15, -0.1) is 11.3 Å². The molecule has 1 aromatic heterocycles. The zero-order valence-electron chi connectivity index (χ0n) is 10.1. The van der Waals surface area contributed by atoms with Crippen molar-refractivity contribution in [3.8, 4) is 0 Å². The number of thiophene rings is 1. The van der Waals surface area contributed by atoms with Crippen molar-refractivity contribution in [1.29, 1.82) is 0 Å². The first-order chi connectivity index (χ1) is 8.52. The molecular formula is C13H14BrFN2S. The lowest BCUT2D eigenvalue weighted by Crippen LogP contribution is -2.28. The summed E-state index contributed by atoms with van der Waals surface area (Å²) < 4.78 is 14.4. The number of rotatable bonds is 3. The molecule has 18 heavy (non-hydrogen) atoms. The van der Waals surface area contributed by atoms with Gasteiger partial charge >= 0.3 is 0 Å². The number of nitrogens with two attached hydrogens (primary N) is 1. The molecule has 0 saturated heterocycles. The molecule has 0 radical (unpaired) electrons. The van der Waals surface area contributed by atoms with E-state index in [0.29, 0.717) is 5.56 Å². The Labute approximate surface area is 118 Å². The summed E-state index contributed by atoms with van der Waals surface area (Å²) in [5.41, 5.74) is 5.55. The largest absolute Gasteiger partial charge is 0.271 e. The Kier molecular flexibility index (Phi) is 4.17. The molecule has 1 unspecified atom stereocenters. The lowest BCUT2D eigenvalue weighted by Gasteiger charge is -2.15. The SMILES string of the molecule is Cc1cc(C(NN)c2cc(C)c(Br)s2)ccc1F. The third kappa shape index (κ3) is 2.64. The van der Waals surface area contributed by atoms with E-state index in [1.807, 2.05) is 13.0 Å². The summed E-state index contributed by atoms with van der Waals surface area (Å²) in [4.78, 5) is 1.10. The van der Waals surface area contributed by atoms with Gasteiger partial charge in [0, 0.05) is 4.88 Å². The summed E-state index contributed by atoms with van der Waals surface area (Å²) in [5, 5.41) is 0. The van der Waals surface area contributed by atoms with Gasteiger partial charge in [0.15, 0.2) is 0 Å². The number of benzene rings is 1. The van der Waals surface area contributed by atoms with Crippen molar-refractivity contribution in [2.24, 2.45) is 5.84 Å². The van der Waals surface area contributed by atoms with Crippen LogP contribution in [0.25, 0.3) is 0 Å². The molecule has 1 atom stereocenters. The van der Waals surface area contributed by atoms with E-state index in [1.54, 1.807) is 24.3 Å². The topological polar surface area (TPSA) is 38.0 Å². The lowest BCUT2D eigenvalue weighted by atomic mass is 10.0. The summed E-state index contributed by atoms with van der Waals surface area (Å²) in [6, 6.07) is 7.03. The number of hydrogen-bond acceptors (Lipinski definition) is 3. The number of hydrazine groups is 1. The van der Waals surface area contributed by atoms with Crippen LogP contribution in [0.2, 0.25) is 0 Å². The van der Waals surface area contributed by atoms with E-state index in [4.69, 9.17) is 5.84 Å². The van der Waals surface area contributed by atoms with Crippen LogP contribution in [0.4, 0.5) is 4.39 Å². The highest BCUT2D eigenvalue weighted by molar-refractivity contribution is 9.11. The van der Waals surface area contributed by atoms with Gasteiger partial charge in [0.2, 0.25) is 0 Å². The minimum absolute atomic E-state index is 0.112. The van der Waals surface area contributed by atoms with Crippen LogP contribution in [-0.4, -0.2) is 0 Å². The Morgan fingerprint density at radius 2 is 2.00 bits per heavy atom. The molecule has 2 aromatic rings. The maximum absolute atomic E-state index is 13.3. The maximum atomic E-state index is 13.3. The van der Waals surface area contributed by atoms with Gasteiger partial charge in [0.1, 0.15) is 5.82 Å². The Bertz CT molecular complexity index is 549. The van der Waals surface area contributed by atoms with Crippen LogP contribution in [-0.2, 0) is 0 Å². The van der Waals surface area contributed by atoms with E-state index >= 15 is 0 Å². The van der Waals surface area contributed by atoms with Crippen molar-refractivity contribution in [1.82, 2.24) is 5.43 Å². The molecule has 0 amide bonds. The van der Waals surface area contributed by atoms with Gasteiger partial charge in [-0.3, -0.25) is 5.84 Å². The summed E-state index contributed by atoms with van der Waals surface area (Å²) in [6.07, 6.45) is 0. The molecule has 1 aromatic carbocycles. The fraction of sp³-hybridized carbons (Fsp3) is 0.231. The molecule has 0 aliphatic rings. The second kappa shape index (κ2) is 5.48. The highest BCUT2D eigenvalue weighted by Crippen LogP contribution is 2.34. The summed E-state index contributed by atoms with van der Waals surface area (Å²) in [5.74, 6) is 5.44. The lowest BCUT2D eigenvalue weighted by molar-refractivity contribution is 0.610. The first kappa shape index (κ1) is 13.7. The number of aryl methyl sites for hydroxylation is 2. The molecule has 0 saturated carbocycles. The molecule has 0 spiro atoms. The zero-order valence-corrected chi connectivity index (χ0v) is 12.5. The van der Waals surface area contributed by atoms with Gasteiger partial charge in [-0.25, -0.2) is 9.82 Å². The van der Waals surface area contributed by atoms with Gasteiger partial charge < -0.3 is 0 Å². The van der Waals surface area contributed by atoms with E-state index in [9.17, 15) is 4.39 Å². The second-order valence-electron chi connectivity index (χ2n) is 4.21. The fourth-order valence-corrected chi connectivity index (χ4v) is 3.48. The highest BCUT2D eigenvalue weighted by Gasteiger charge is 2.16. The second-order valence-corrected chi connectivity index (χ2v) is 6.62. The molecular weight excluding hydrogens is 315 g/mol. The van der Waals surface area contributed by atoms with E-state index in [1.165, 1.54) is 11.6 Å². The van der Waals surface area contributed by atoms with Crippen molar-refractivity contribution in [2.45, 2.75) is 19.9 Å². The Morgan fingerprint density at radius 1 is 1.28 bits per heavy atom. The average molecular weight is 329 g/mol. The van der Waals surface area contributed by atoms with E-state index in [2.05, 4.69) is 27.4 Å². The van der Waals surface area contributed by atoms with E-state index in [0.717, 1.165) is 14.2 Å². The number of nitrogens with one attached hydrogen (secondary N) is 1. The number of hydrogen-bond donors (Lipinski definition) is 2. The molecule has 96 valence electrons. The van der Waals surface area contributed by atoms with Crippen LogP contribution in [0.5, 0.6) is 0 Å². The molecule has 1 heterocycles. The minimum Gasteiger partial charge on any atom is -0.271 e. The maximum Gasteiger partial charge on any atom is 0.126 e. The molecule has 2 rings (SSSR count). The Morgan fingerprint density at radius 3 is 2.50 bits per heavy atom. The first-order valence-electron chi connectivity index (χ1n) is 5.51. The Hall–Kier alpha value is -0.750. The van der Waals surface area contributed by atoms with Gasteiger partial charge in [0.25, 0.3) is 0 Å². The van der Waals surface area contributed by atoms with Crippen LogP contribution >= 0.6 is 27.3 Å². The minimum atomic E-state index is -0.196. The van der Waals surface area contributed by atoms with Crippen molar-refractivity contribution < 1.29 is 4.39 Å². The standard InChI is InChI=1S/C13H14BrFN2S/c1-7-5-9(3-4-10(7)15)12(17-16)11-6-8(2)13(14)18-11/h3-6,12,17H,16H2,1-2H3. The molecule has 0 aliphatic carbocycles. The van der Waals surface area contributed by atoms with Crippen molar-refractivity contribution in [3.63, 3.8) is 0 Å². The third-order valence-electron chi connectivity index (χ3n) is 2.84. The van der Waals surface area contributed by atoms with Gasteiger partial charge in [-0.2, -0.15) is 0 Å². The molecule has 3 N–H and O–H groups in total. The van der Waals surface area contributed by atoms with Crippen molar-refractivity contribution in [2.75, 3.05) is 0 Å².